The van der Waals surface area contributed by atoms with Crippen molar-refractivity contribution < 1.29 is 4.39 Å². The van der Waals surface area contributed by atoms with E-state index in [0.29, 0.717) is 17.9 Å². The third-order valence-corrected chi connectivity index (χ3v) is 4.08. The van der Waals surface area contributed by atoms with Crippen LogP contribution >= 0.6 is 27.3 Å². The molecule has 0 spiro atoms. The van der Waals surface area contributed by atoms with Crippen LogP contribution in [-0.2, 0) is 6.54 Å². The quantitative estimate of drug-likeness (QED) is 0.871. The van der Waals surface area contributed by atoms with E-state index in [9.17, 15) is 4.39 Å². The van der Waals surface area contributed by atoms with Crippen LogP contribution in [0.2, 0.25) is 0 Å². The summed E-state index contributed by atoms with van der Waals surface area (Å²) < 4.78 is 14.7. The summed E-state index contributed by atoms with van der Waals surface area (Å²) in [5.41, 5.74) is 6.52. The lowest BCUT2D eigenvalue weighted by atomic mass is 10.2. The molecule has 1 aromatic heterocycles. The monoisotopic (exact) mass is 314 g/mol. The van der Waals surface area contributed by atoms with Gasteiger partial charge in [0.1, 0.15) is 5.82 Å². The van der Waals surface area contributed by atoms with Crippen molar-refractivity contribution in [1.29, 1.82) is 0 Å². The SMILES string of the molecule is CN(Cc1cc(Br)cs1)c1ccc(N)cc1F. The van der Waals surface area contributed by atoms with E-state index in [4.69, 9.17) is 5.73 Å². The number of anilines is 2. The van der Waals surface area contributed by atoms with Crippen molar-refractivity contribution in [2.24, 2.45) is 0 Å². The molecule has 0 aliphatic heterocycles. The molecule has 1 aromatic carbocycles. The van der Waals surface area contributed by atoms with Crippen LogP contribution in [0.3, 0.4) is 0 Å². The van der Waals surface area contributed by atoms with Crippen molar-refractivity contribution in [2.45, 2.75) is 6.54 Å². The first-order valence-corrected chi connectivity index (χ1v) is 6.72. The second kappa shape index (κ2) is 5.06. The molecule has 0 bridgehead atoms. The second-order valence-corrected chi connectivity index (χ2v) is 5.71. The highest BCUT2D eigenvalue weighted by Crippen LogP contribution is 2.25. The first kappa shape index (κ1) is 12.4. The van der Waals surface area contributed by atoms with Gasteiger partial charge in [-0.2, -0.15) is 0 Å². The van der Waals surface area contributed by atoms with E-state index in [1.165, 1.54) is 10.9 Å². The fraction of sp³-hybridized carbons (Fsp3) is 0.167. The van der Waals surface area contributed by atoms with Crippen LogP contribution in [-0.4, -0.2) is 7.05 Å². The molecule has 90 valence electrons. The highest BCUT2D eigenvalue weighted by Gasteiger charge is 2.09. The first-order valence-electron chi connectivity index (χ1n) is 5.05. The Bertz CT molecular complexity index is 527. The van der Waals surface area contributed by atoms with Gasteiger partial charge in [-0.3, -0.25) is 0 Å². The molecule has 0 aliphatic rings. The molecule has 0 amide bonds. The average molecular weight is 315 g/mol. The van der Waals surface area contributed by atoms with Gasteiger partial charge in [-0.05, 0) is 40.2 Å². The predicted octanol–water partition coefficient (Wildman–Crippen LogP) is 3.87. The van der Waals surface area contributed by atoms with Crippen LogP contribution in [0.4, 0.5) is 15.8 Å². The minimum atomic E-state index is -0.289. The van der Waals surface area contributed by atoms with E-state index < -0.39 is 0 Å². The minimum absolute atomic E-state index is 0.289. The number of halogens is 2. The molecule has 0 radical (unpaired) electrons. The number of hydrogen-bond donors (Lipinski definition) is 1. The highest BCUT2D eigenvalue weighted by molar-refractivity contribution is 9.10. The van der Waals surface area contributed by atoms with E-state index in [1.807, 2.05) is 23.4 Å². The lowest BCUT2D eigenvalue weighted by Crippen LogP contribution is -2.17. The normalized spacial score (nSPS) is 10.5. The van der Waals surface area contributed by atoms with Gasteiger partial charge >= 0.3 is 0 Å². The third kappa shape index (κ3) is 2.98. The minimum Gasteiger partial charge on any atom is -0.399 e. The summed E-state index contributed by atoms with van der Waals surface area (Å²) in [7, 11) is 1.86. The van der Waals surface area contributed by atoms with Gasteiger partial charge in [0.15, 0.2) is 0 Å². The summed E-state index contributed by atoms with van der Waals surface area (Å²) in [6.07, 6.45) is 0. The third-order valence-electron chi connectivity index (χ3n) is 2.40. The fourth-order valence-electron chi connectivity index (χ4n) is 1.59. The molecule has 2 aromatic rings. The molecule has 5 heteroatoms. The summed E-state index contributed by atoms with van der Waals surface area (Å²) in [5, 5.41) is 2.02. The number of hydrogen-bond acceptors (Lipinski definition) is 3. The number of rotatable bonds is 3. The number of nitrogens with two attached hydrogens (primary N) is 1. The molecular weight excluding hydrogens is 303 g/mol. The largest absolute Gasteiger partial charge is 0.399 e. The smallest absolute Gasteiger partial charge is 0.148 e. The predicted molar refractivity (Wildman–Crippen MR) is 74.9 cm³/mol. The lowest BCUT2D eigenvalue weighted by Gasteiger charge is -2.19. The van der Waals surface area contributed by atoms with E-state index in [2.05, 4.69) is 15.9 Å². The molecular formula is C12H12BrFN2S. The van der Waals surface area contributed by atoms with Crippen molar-refractivity contribution >= 4 is 38.6 Å². The molecule has 0 saturated carbocycles. The highest BCUT2D eigenvalue weighted by atomic mass is 79.9. The summed E-state index contributed by atoms with van der Waals surface area (Å²) in [6.45, 7) is 0.678. The number of nitrogens with zero attached hydrogens (tertiary/aromatic N) is 1. The van der Waals surface area contributed by atoms with E-state index >= 15 is 0 Å². The van der Waals surface area contributed by atoms with E-state index in [0.717, 1.165) is 4.47 Å². The molecule has 2 N–H and O–H groups in total. The second-order valence-electron chi connectivity index (χ2n) is 3.80. The van der Waals surface area contributed by atoms with Crippen molar-refractivity contribution in [2.75, 3.05) is 17.7 Å². The van der Waals surface area contributed by atoms with Crippen molar-refractivity contribution in [1.82, 2.24) is 0 Å². The maximum absolute atomic E-state index is 13.7. The Morgan fingerprint density at radius 2 is 2.18 bits per heavy atom. The Labute approximate surface area is 112 Å². The van der Waals surface area contributed by atoms with Crippen molar-refractivity contribution in [3.63, 3.8) is 0 Å². The Kier molecular flexibility index (Phi) is 3.69. The van der Waals surface area contributed by atoms with Gasteiger partial charge in [-0.1, -0.05) is 0 Å². The zero-order valence-electron chi connectivity index (χ0n) is 9.28. The molecule has 2 rings (SSSR count). The van der Waals surface area contributed by atoms with Gasteiger partial charge in [0.05, 0.1) is 12.2 Å². The van der Waals surface area contributed by atoms with Crippen molar-refractivity contribution in [3.8, 4) is 0 Å². The van der Waals surface area contributed by atoms with Crippen LogP contribution in [0, 0.1) is 5.82 Å². The molecule has 2 nitrogen and oxygen atoms in total. The van der Waals surface area contributed by atoms with Gasteiger partial charge in [0.25, 0.3) is 0 Å². The van der Waals surface area contributed by atoms with Gasteiger partial charge in [0, 0.05) is 27.5 Å². The molecule has 0 saturated heterocycles. The fourth-order valence-corrected chi connectivity index (χ4v) is 3.09. The zero-order chi connectivity index (χ0) is 12.4. The molecule has 17 heavy (non-hydrogen) atoms. The summed E-state index contributed by atoms with van der Waals surface area (Å²) >= 11 is 5.05. The summed E-state index contributed by atoms with van der Waals surface area (Å²) in [4.78, 5) is 3.04. The maximum atomic E-state index is 13.7. The van der Waals surface area contributed by atoms with Gasteiger partial charge in [-0.15, -0.1) is 11.3 Å². The van der Waals surface area contributed by atoms with E-state index in [1.54, 1.807) is 23.5 Å². The van der Waals surface area contributed by atoms with Crippen LogP contribution in [0.25, 0.3) is 0 Å². The Morgan fingerprint density at radius 1 is 1.41 bits per heavy atom. The standard InChI is InChI=1S/C12H12BrFN2S/c1-16(6-10-4-8(13)7-17-10)12-3-2-9(15)5-11(12)14/h2-5,7H,6,15H2,1H3. The number of thiophene rings is 1. The summed E-state index contributed by atoms with van der Waals surface area (Å²) in [5.74, 6) is -0.289. The van der Waals surface area contributed by atoms with Crippen LogP contribution in [0.15, 0.2) is 34.1 Å². The topological polar surface area (TPSA) is 29.3 Å². The molecule has 1 heterocycles. The van der Waals surface area contributed by atoms with E-state index in [-0.39, 0.29) is 5.82 Å². The van der Waals surface area contributed by atoms with Gasteiger partial charge in [-0.25, -0.2) is 4.39 Å². The molecule has 0 aliphatic carbocycles. The molecule has 0 fully saturated rings. The van der Waals surface area contributed by atoms with Crippen LogP contribution in [0.5, 0.6) is 0 Å². The first-order chi connectivity index (χ1) is 8.06. The van der Waals surface area contributed by atoms with Gasteiger partial charge in [0.2, 0.25) is 0 Å². The van der Waals surface area contributed by atoms with Crippen LogP contribution < -0.4 is 10.6 Å². The van der Waals surface area contributed by atoms with Crippen LogP contribution in [0.1, 0.15) is 4.88 Å². The summed E-state index contributed by atoms with van der Waals surface area (Å²) in [6, 6.07) is 6.79. The van der Waals surface area contributed by atoms with Gasteiger partial charge < -0.3 is 10.6 Å². The Balaban J connectivity index is 2.17. The van der Waals surface area contributed by atoms with Crippen molar-refractivity contribution in [3.05, 3.63) is 44.8 Å². The Morgan fingerprint density at radius 3 is 2.76 bits per heavy atom. The maximum Gasteiger partial charge on any atom is 0.148 e. The number of nitrogen functional groups attached to an aromatic ring is 1. The lowest BCUT2D eigenvalue weighted by molar-refractivity contribution is 0.623. The zero-order valence-corrected chi connectivity index (χ0v) is 11.7. The molecule has 0 unspecified atom stereocenters. The number of benzene rings is 1. The Hall–Kier alpha value is -1.07. The average Bonchev–Trinajstić information content (AvgIpc) is 2.63. The molecule has 0 atom stereocenters.